The largest absolute Gasteiger partial charge is 0.480 e. The molecule has 1 aromatic rings. The van der Waals surface area contributed by atoms with Crippen molar-refractivity contribution in [2.75, 3.05) is 5.32 Å². The second-order valence-corrected chi connectivity index (χ2v) is 4.40. The van der Waals surface area contributed by atoms with Crippen molar-refractivity contribution in [3.63, 3.8) is 0 Å². The summed E-state index contributed by atoms with van der Waals surface area (Å²) in [6, 6.07) is 3.37. The molecule has 1 unspecified atom stereocenters. The Morgan fingerprint density at radius 1 is 1.58 bits per heavy atom. The van der Waals surface area contributed by atoms with E-state index in [1.54, 1.807) is 6.92 Å². The van der Waals surface area contributed by atoms with Gasteiger partial charge in [0.05, 0.1) is 4.92 Å². The van der Waals surface area contributed by atoms with E-state index >= 15 is 0 Å². The number of benzene rings is 1. The molecular weight excluding hydrogens is 255 g/mol. The van der Waals surface area contributed by atoms with Crippen molar-refractivity contribution < 1.29 is 19.2 Å². The van der Waals surface area contributed by atoms with Gasteiger partial charge in [0.25, 0.3) is 5.69 Å². The number of hydrogen-bond acceptors (Lipinski definition) is 4. The number of carboxylic acids is 1. The molecule has 104 valence electrons. The van der Waals surface area contributed by atoms with Gasteiger partial charge in [-0.15, -0.1) is 0 Å². The number of carbonyl (C=O) groups is 1. The Labute approximate surface area is 109 Å². The second-order valence-electron chi connectivity index (χ2n) is 4.40. The molecule has 0 heterocycles. The maximum atomic E-state index is 13.7. The zero-order valence-electron chi connectivity index (χ0n) is 10.6. The van der Waals surface area contributed by atoms with Crippen molar-refractivity contribution in [3.05, 3.63) is 34.1 Å². The molecule has 0 saturated heterocycles. The van der Waals surface area contributed by atoms with Gasteiger partial charge >= 0.3 is 5.97 Å². The minimum atomic E-state index is -1.46. The Hall–Kier alpha value is -2.18. The number of para-hydroxylation sites is 1. The van der Waals surface area contributed by atoms with Gasteiger partial charge in [-0.2, -0.15) is 0 Å². The highest BCUT2D eigenvalue weighted by Gasteiger charge is 2.35. The van der Waals surface area contributed by atoms with Crippen molar-refractivity contribution in [2.24, 2.45) is 0 Å². The molecule has 0 saturated carbocycles. The number of nitro groups is 1. The van der Waals surface area contributed by atoms with Crippen molar-refractivity contribution in [1.29, 1.82) is 0 Å². The fourth-order valence-electron chi connectivity index (χ4n) is 1.79. The molecule has 0 fully saturated rings. The van der Waals surface area contributed by atoms with E-state index in [4.69, 9.17) is 0 Å². The van der Waals surface area contributed by atoms with Gasteiger partial charge in [0.15, 0.2) is 11.5 Å². The number of nitro benzene ring substituents is 1. The number of nitrogens with zero attached hydrogens (tertiary/aromatic N) is 1. The van der Waals surface area contributed by atoms with Gasteiger partial charge in [-0.05, 0) is 19.4 Å². The van der Waals surface area contributed by atoms with E-state index in [-0.39, 0.29) is 6.42 Å². The van der Waals surface area contributed by atoms with Gasteiger partial charge in [0.2, 0.25) is 0 Å². The highest BCUT2D eigenvalue weighted by atomic mass is 19.1. The van der Waals surface area contributed by atoms with Gasteiger partial charge in [-0.3, -0.25) is 10.1 Å². The molecule has 6 nitrogen and oxygen atoms in total. The first-order valence-electron chi connectivity index (χ1n) is 5.76. The van der Waals surface area contributed by atoms with Crippen LogP contribution in [0.1, 0.15) is 26.7 Å². The molecule has 0 aliphatic heterocycles. The van der Waals surface area contributed by atoms with Gasteiger partial charge in [-0.25, -0.2) is 9.18 Å². The van der Waals surface area contributed by atoms with Crippen LogP contribution in [0, 0.1) is 15.9 Å². The van der Waals surface area contributed by atoms with E-state index in [1.807, 2.05) is 0 Å². The van der Waals surface area contributed by atoms with Crippen LogP contribution in [-0.4, -0.2) is 21.5 Å². The number of nitrogens with one attached hydrogen (secondary N) is 1. The molecule has 19 heavy (non-hydrogen) atoms. The van der Waals surface area contributed by atoms with E-state index in [0.29, 0.717) is 6.42 Å². The standard InChI is InChI=1S/C12H15FN2O4/c1-3-7-12(2,11(16)17)14-10-8(13)5-4-6-9(10)15(18)19/h4-6,14H,3,7H2,1-2H3,(H,16,17). The van der Waals surface area contributed by atoms with E-state index < -0.39 is 33.6 Å². The van der Waals surface area contributed by atoms with Crippen LogP contribution in [0.5, 0.6) is 0 Å². The Bertz CT molecular complexity index is 507. The van der Waals surface area contributed by atoms with Gasteiger partial charge in [0, 0.05) is 6.07 Å². The average molecular weight is 270 g/mol. The smallest absolute Gasteiger partial charge is 0.329 e. The topological polar surface area (TPSA) is 92.5 Å². The Morgan fingerprint density at radius 2 is 2.21 bits per heavy atom. The first-order chi connectivity index (χ1) is 8.81. The highest BCUT2D eigenvalue weighted by molar-refractivity contribution is 5.83. The third-order valence-electron chi connectivity index (χ3n) is 2.81. The van der Waals surface area contributed by atoms with Crippen LogP contribution < -0.4 is 5.32 Å². The lowest BCUT2D eigenvalue weighted by molar-refractivity contribution is -0.384. The van der Waals surface area contributed by atoms with Crippen molar-refractivity contribution >= 4 is 17.3 Å². The number of anilines is 1. The van der Waals surface area contributed by atoms with Gasteiger partial charge < -0.3 is 10.4 Å². The van der Waals surface area contributed by atoms with Crippen molar-refractivity contribution in [1.82, 2.24) is 0 Å². The molecule has 0 amide bonds. The third kappa shape index (κ3) is 3.18. The lowest BCUT2D eigenvalue weighted by Crippen LogP contribution is -2.43. The minimum Gasteiger partial charge on any atom is -0.480 e. The normalized spacial score (nSPS) is 13.6. The number of aliphatic carboxylic acids is 1. The summed E-state index contributed by atoms with van der Waals surface area (Å²) in [5.74, 6) is -2.04. The van der Waals surface area contributed by atoms with E-state index in [1.165, 1.54) is 13.0 Å². The van der Waals surface area contributed by atoms with Crippen molar-refractivity contribution in [3.8, 4) is 0 Å². The van der Waals surface area contributed by atoms with Gasteiger partial charge in [0.1, 0.15) is 5.54 Å². The van der Waals surface area contributed by atoms with Crippen LogP contribution in [0.3, 0.4) is 0 Å². The summed E-state index contributed by atoms with van der Waals surface area (Å²) in [6.07, 6.45) is 0.756. The van der Waals surface area contributed by atoms with E-state index in [9.17, 15) is 24.4 Å². The predicted octanol–water partition coefficient (Wildman–Crippen LogP) is 2.79. The van der Waals surface area contributed by atoms with Crippen LogP contribution in [0.25, 0.3) is 0 Å². The molecule has 7 heteroatoms. The predicted molar refractivity (Wildman–Crippen MR) is 67.6 cm³/mol. The first-order valence-corrected chi connectivity index (χ1v) is 5.76. The van der Waals surface area contributed by atoms with E-state index in [2.05, 4.69) is 5.32 Å². The SMILES string of the molecule is CCCC(C)(Nc1c(F)cccc1[N+](=O)[O-])C(=O)O. The maximum Gasteiger partial charge on any atom is 0.329 e. The molecule has 2 N–H and O–H groups in total. The van der Waals surface area contributed by atoms with Crippen LogP contribution in [0.15, 0.2) is 18.2 Å². The van der Waals surface area contributed by atoms with Crippen LogP contribution in [0.4, 0.5) is 15.8 Å². The number of rotatable bonds is 6. The minimum absolute atomic E-state index is 0.216. The molecular formula is C12H15FN2O4. The lowest BCUT2D eigenvalue weighted by atomic mass is 9.95. The highest BCUT2D eigenvalue weighted by Crippen LogP contribution is 2.31. The molecule has 1 atom stereocenters. The maximum absolute atomic E-state index is 13.7. The zero-order valence-corrected chi connectivity index (χ0v) is 10.6. The molecule has 0 radical (unpaired) electrons. The summed E-state index contributed by atoms with van der Waals surface area (Å²) in [7, 11) is 0. The molecule has 0 bridgehead atoms. The molecule has 0 aliphatic rings. The third-order valence-corrected chi connectivity index (χ3v) is 2.81. The number of carboxylic acid groups (broad SMARTS) is 1. The Balaban J connectivity index is 3.23. The number of halogens is 1. The van der Waals surface area contributed by atoms with E-state index in [0.717, 1.165) is 12.1 Å². The summed E-state index contributed by atoms with van der Waals surface area (Å²) >= 11 is 0. The van der Waals surface area contributed by atoms with Crippen LogP contribution in [0.2, 0.25) is 0 Å². The monoisotopic (exact) mass is 270 g/mol. The summed E-state index contributed by atoms with van der Waals surface area (Å²) < 4.78 is 13.7. The Kier molecular flexibility index (Phi) is 4.42. The van der Waals surface area contributed by atoms with Gasteiger partial charge in [-0.1, -0.05) is 19.4 Å². The summed E-state index contributed by atoms with van der Waals surface area (Å²) in [6.45, 7) is 3.15. The molecule has 0 aromatic heterocycles. The summed E-state index contributed by atoms with van der Waals surface area (Å²) in [5.41, 5.74) is -2.34. The molecule has 0 spiro atoms. The quantitative estimate of drug-likeness (QED) is 0.612. The fourth-order valence-corrected chi connectivity index (χ4v) is 1.79. The molecule has 1 aromatic carbocycles. The summed E-state index contributed by atoms with van der Waals surface area (Å²) in [5, 5.41) is 22.5. The lowest BCUT2D eigenvalue weighted by Gasteiger charge is -2.26. The Morgan fingerprint density at radius 3 is 2.68 bits per heavy atom. The fraction of sp³-hybridized carbons (Fsp3) is 0.417. The van der Waals surface area contributed by atoms with Crippen molar-refractivity contribution in [2.45, 2.75) is 32.2 Å². The molecule has 0 aliphatic carbocycles. The zero-order chi connectivity index (χ0) is 14.6. The van der Waals surface area contributed by atoms with Crippen LogP contribution in [-0.2, 0) is 4.79 Å². The van der Waals surface area contributed by atoms with Crippen LogP contribution >= 0.6 is 0 Å². The first kappa shape index (κ1) is 14.9. The summed E-state index contributed by atoms with van der Waals surface area (Å²) in [4.78, 5) is 21.3. The molecule has 1 rings (SSSR count). The number of hydrogen-bond donors (Lipinski definition) is 2. The second kappa shape index (κ2) is 5.64. The average Bonchev–Trinajstić information content (AvgIpc) is 2.31.